The molecule has 0 saturated carbocycles. The minimum absolute atomic E-state index is 0.00652. The predicted molar refractivity (Wildman–Crippen MR) is 73.7 cm³/mol. The maximum Gasteiger partial charge on any atom is 0.254 e. The molecule has 0 spiro atoms. The van der Waals surface area contributed by atoms with E-state index in [0.29, 0.717) is 5.56 Å². The monoisotopic (exact) mass is 313 g/mol. The number of benzene rings is 1. The van der Waals surface area contributed by atoms with Crippen molar-refractivity contribution in [2.24, 2.45) is 10.9 Å². The van der Waals surface area contributed by atoms with E-state index in [-0.39, 0.29) is 24.3 Å². The standard InChI is InChI=1S/C12H16BrN3O2/c1-8(2)16(7-11(14)15-18)12(17)9-4-3-5-10(13)6-9/h3-6,8,18H,7H2,1-2H3,(H2,14,15). The third kappa shape index (κ3) is 3.73. The number of oxime groups is 1. The van der Waals surface area contributed by atoms with Crippen LogP contribution in [0.2, 0.25) is 0 Å². The van der Waals surface area contributed by atoms with Crippen LogP contribution in [0.5, 0.6) is 0 Å². The second-order valence-corrected chi connectivity index (χ2v) is 5.04. The molecule has 98 valence electrons. The Morgan fingerprint density at radius 3 is 2.72 bits per heavy atom. The summed E-state index contributed by atoms with van der Waals surface area (Å²) < 4.78 is 0.834. The van der Waals surface area contributed by atoms with Crippen LogP contribution in [-0.2, 0) is 0 Å². The Labute approximate surface area is 114 Å². The van der Waals surface area contributed by atoms with Crippen LogP contribution < -0.4 is 5.73 Å². The second kappa shape index (κ2) is 6.39. The van der Waals surface area contributed by atoms with E-state index >= 15 is 0 Å². The fourth-order valence-corrected chi connectivity index (χ4v) is 1.88. The van der Waals surface area contributed by atoms with Gasteiger partial charge < -0.3 is 15.8 Å². The number of nitrogens with two attached hydrogens (primary N) is 1. The van der Waals surface area contributed by atoms with Gasteiger partial charge in [0.05, 0.1) is 6.54 Å². The Balaban J connectivity index is 2.96. The van der Waals surface area contributed by atoms with Gasteiger partial charge in [0.2, 0.25) is 0 Å². The molecule has 0 unspecified atom stereocenters. The number of halogens is 1. The second-order valence-electron chi connectivity index (χ2n) is 4.13. The summed E-state index contributed by atoms with van der Waals surface area (Å²) in [7, 11) is 0. The predicted octanol–water partition coefficient (Wildman–Crippen LogP) is 2.05. The first-order valence-corrected chi connectivity index (χ1v) is 6.28. The van der Waals surface area contributed by atoms with Gasteiger partial charge in [-0.1, -0.05) is 27.2 Å². The lowest BCUT2D eigenvalue weighted by Crippen LogP contribution is -2.42. The molecular formula is C12H16BrN3O2. The van der Waals surface area contributed by atoms with Crippen LogP contribution in [0.15, 0.2) is 33.9 Å². The Morgan fingerprint density at radius 1 is 1.56 bits per heavy atom. The molecule has 1 rings (SSSR count). The van der Waals surface area contributed by atoms with Gasteiger partial charge in [0, 0.05) is 16.1 Å². The van der Waals surface area contributed by atoms with E-state index in [2.05, 4.69) is 21.1 Å². The van der Waals surface area contributed by atoms with Crippen molar-refractivity contribution >= 4 is 27.7 Å². The van der Waals surface area contributed by atoms with E-state index in [9.17, 15) is 4.79 Å². The third-order valence-corrected chi connectivity index (χ3v) is 2.91. The molecule has 3 N–H and O–H groups in total. The molecule has 0 fully saturated rings. The number of amidine groups is 1. The van der Waals surface area contributed by atoms with Crippen molar-refractivity contribution < 1.29 is 10.0 Å². The van der Waals surface area contributed by atoms with Gasteiger partial charge >= 0.3 is 0 Å². The van der Waals surface area contributed by atoms with Gasteiger partial charge in [-0.25, -0.2) is 0 Å². The van der Waals surface area contributed by atoms with E-state index in [0.717, 1.165) is 4.47 Å². The first kappa shape index (κ1) is 14.5. The summed E-state index contributed by atoms with van der Waals surface area (Å²) in [6.07, 6.45) is 0. The molecule has 1 aromatic rings. The number of hydrogen-bond acceptors (Lipinski definition) is 3. The maximum atomic E-state index is 12.3. The highest BCUT2D eigenvalue weighted by Gasteiger charge is 2.20. The highest BCUT2D eigenvalue weighted by molar-refractivity contribution is 9.10. The number of carbonyl (C=O) groups is 1. The van der Waals surface area contributed by atoms with Crippen LogP contribution in [0, 0.1) is 0 Å². The van der Waals surface area contributed by atoms with Gasteiger partial charge in [-0.05, 0) is 32.0 Å². The zero-order valence-corrected chi connectivity index (χ0v) is 11.9. The van der Waals surface area contributed by atoms with Gasteiger partial charge in [-0.3, -0.25) is 4.79 Å². The van der Waals surface area contributed by atoms with E-state index in [1.54, 1.807) is 18.2 Å². The van der Waals surface area contributed by atoms with E-state index in [4.69, 9.17) is 10.9 Å². The summed E-state index contributed by atoms with van der Waals surface area (Å²) in [5.41, 5.74) is 6.01. The van der Waals surface area contributed by atoms with Crippen molar-refractivity contribution in [1.82, 2.24) is 4.90 Å². The smallest absolute Gasteiger partial charge is 0.254 e. The molecule has 1 aromatic carbocycles. The van der Waals surface area contributed by atoms with Crippen LogP contribution in [0.3, 0.4) is 0 Å². The summed E-state index contributed by atoms with van der Waals surface area (Å²) in [4.78, 5) is 13.8. The Kier molecular flexibility index (Phi) is 5.15. The van der Waals surface area contributed by atoms with Crippen LogP contribution in [0.4, 0.5) is 0 Å². The molecule has 6 heteroatoms. The lowest BCUT2D eigenvalue weighted by Gasteiger charge is -2.26. The number of nitrogens with zero attached hydrogens (tertiary/aromatic N) is 2. The zero-order chi connectivity index (χ0) is 13.7. The van der Waals surface area contributed by atoms with Gasteiger partial charge in [0.1, 0.15) is 0 Å². The molecule has 0 saturated heterocycles. The van der Waals surface area contributed by atoms with Gasteiger partial charge in [-0.2, -0.15) is 0 Å². The molecule has 0 aromatic heterocycles. The molecule has 0 aliphatic heterocycles. The van der Waals surface area contributed by atoms with Crippen LogP contribution in [-0.4, -0.2) is 34.4 Å². The summed E-state index contributed by atoms with van der Waals surface area (Å²) in [5, 5.41) is 11.5. The molecular weight excluding hydrogens is 298 g/mol. The highest BCUT2D eigenvalue weighted by Crippen LogP contribution is 2.14. The molecule has 5 nitrogen and oxygen atoms in total. The molecule has 0 atom stereocenters. The molecule has 0 radical (unpaired) electrons. The fraction of sp³-hybridized carbons (Fsp3) is 0.333. The van der Waals surface area contributed by atoms with E-state index in [1.807, 2.05) is 19.9 Å². The normalized spacial score (nSPS) is 11.7. The number of carbonyl (C=O) groups excluding carboxylic acids is 1. The largest absolute Gasteiger partial charge is 0.409 e. The van der Waals surface area contributed by atoms with Crippen molar-refractivity contribution in [3.63, 3.8) is 0 Å². The minimum Gasteiger partial charge on any atom is -0.409 e. The molecule has 0 heterocycles. The zero-order valence-electron chi connectivity index (χ0n) is 10.3. The number of amides is 1. The Bertz CT molecular complexity index is 460. The lowest BCUT2D eigenvalue weighted by molar-refractivity contribution is 0.0734. The van der Waals surface area contributed by atoms with Crippen LogP contribution in [0.1, 0.15) is 24.2 Å². The quantitative estimate of drug-likeness (QED) is 0.386. The average molecular weight is 314 g/mol. The summed E-state index contributed by atoms with van der Waals surface area (Å²) in [5.74, 6) is -0.148. The maximum absolute atomic E-state index is 12.3. The van der Waals surface area contributed by atoms with Crippen molar-refractivity contribution in [2.75, 3.05) is 6.54 Å². The summed E-state index contributed by atoms with van der Waals surface area (Å²) >= 11 is 3.32. The van der Waals surface area contributed by atoms with Crippen molar-refractivity contribution in [1.29, 1.82) is 0 Å². The molecule has 0 bridgehead atoms. The Morgan fingerprint density at radius 2 is 2.22 bits per heavy atom. The summed E-state index contributed by atoms with van der Waals surface area (Å²) in [6, 6.07) is 7.06. The number of hydrogen-bond donors (Lipinski definition) is 2. The highest BCUT2D eigenvalue weighted by atomic mass is 79.9. The van der Waals surface area contributed by atoms with E-state index in [1.165, 1.54) is 4.90 Å². The lowest BCUT2D eigenvalue weighted by atomic mass is 10.1. The van der Waals surface area contributed by atoms with Gasteiger partial charge in [0.25, 0.3) is 5.91 Å². The first-order chi connectivity index (χ1) is 8.45. The number of rotatable bonds is 4. The molecule has 1 amide bonds. The van der Waals surface area contributed by atoms with Crippen molar-refractivity contribution in [2.45, 2.75) is 19.9 Å². The minimum atomic E-state index is -0.155. The van der Waals surface area contributed by atoms with E-state index < -0.39 is 0 Å². The van der Waals surface area contributed by atoms with Gasteiger partial charge in [0.15, 0.2) is 5.84 Å². The van der Waals surface area contributed by atoms with Gasteiger partial charge in [-0.15, -0.1) is 0 Å². The molecule has 0 aliphatic carbocycles. The SMILES string of the molecule is CC(C)N(CC(N)=NO)C(=O)c1cccc(Br)c1. The molecule has 0 aliphatic rings. The van der Waals surface area contributed by atoms with Crippen molar-refractivity contribution in [3.05, 3.63) is 34.3 Å². The van der Waals surface area contributed by atoms with Crippen LogP contribution in [0.25, 0.3) is 0 Å². The summed E-state index contributed by atoms with van der Waals surface area (Å²) in [6.45, 7) is 3.85. The topological polar surface area (TPSA) is 78.9 Å². The first-order valence-electron chi connectivity index (χ1n) is 5.48. The average Bonchev–Trinajstić information content (AvgIpc) is 2.34. The fourth-order valence-electron chi connectivity index (χ4n) is 1.48. The third-order valence-electron chi connectivity index (χ3n) is 2.42. The Hall–Kier alpha value is -1.56. The van der Waals surface area contributed by atoms with Crippen LogP contribution >= 0.6 is 15.9 Å². The molecule has 18 heavy (non-hydrogen) atoms. The van der Waals surface area contributed by atoms with Crippen molar-refractivity contribution in [3.8, 4) is 0 Å².